The molecular formula is C55H80N25O35P3. The molecule has 0 amide bonds. The van der Waals surface area contributed by atoms with Gasteiger partial charge in [-0.25, -0.2) is 22.8 Å². The summed E-state index contributed by atoms with van der Waals surface area (Å²) in [6.45, 7) is -2.17. The number of anilines is 5. The molecule has 30 N–H and O–H groups in total. The van der Waals surface area contributed by atoms with Gasteiger partial charge in [0, 0.05) is 0 Å². The summed E-state index contributed by atoms with van der Waals surface area (Å²) in [5.74, 6) is -0.351. The Hall–Kier alpha value is -9.64. The molecule has 0 aliphatic carbocycles. The van der Waals surface area contributed by atoms with Gasteiger partial charge in [0.1, 0.15) is 91.6 Å². The second-order valence-corrected chi connectivity index (χ2v) is 30.4. The van der Waals surface area contributed by atoms with Crippen LogP contribution in [0.3, 0.4) is 0 Å². The molecule has 5 saturated heterocycles. The van der Waals surface area contributed by atoms with Gasteiger partial charge in [-0.05, 0) is 0 Å². The average molecular weight is 1740 g/mol. The molecule has 5 aliphatic rings. The molecule has 0 aromatic carbocycles. The van der Waals surface area contributed by atoms with E-state index in [0.717, 1.165) is 0 Å². The number of phosphoric acid groups is 3. The summed E-state index contributed by atoms with van der Waals surface area (Å²) in [5, 5.41) is 145. The highest BCUT2D eigenvalue weighted by Gasteiger charge is 2.52. The number of hydrogen-bond acceptors (Lipinski definition) is 45. The van der Waals surface area contributed by atoms with Crippen molar-refractivity contribution in [2.45, 2.75) is 123 Å². The molecule has 0 bridgehead atoms. The first-order chi connectivity index (χ1) is 55.1. The van der Waals surface area contributed by atoms with E-state index in [1.54, 1.807) is 35.2 Å². The Morgan fingerprint density at radius 3 is 0.619 bits per heavy atom. The highest BCUT2D eigenvalue weighted by atomic mass is 31.3. The van der Waals surface area contributed by atoms with Gasteiger partial charge in [-0.2, -0.15) is 47.8 Å². The predicted octanol–water partition coefficient (Wildman–Crippen LogP) is -20.1. The minimum Gasteiger partial charge on any atom is -0.790 e. The highest BCUT2D eigenvalue weighted by Crippen LogP contribution is 2.57. The SMILES string of the molecule is C[n+]1cn([C@@H]2O[C@H](CO)[C@@H](O)[C@H]2O)c2nc(N)[nH]c(=O)c21.C[n+]1cn([C@@H]2O[C@H](CO)[C@@H](O)[C@H]2O)c2nc(N)[nH]c(=O)c21.C[n+]1cn([C@@H]2O[C@H](CO)[C@@H](O)[C@H]2O)c2nc(N)[nH]c(=O)c21.C[n+]1cn([C@@H]2O[C@H](CO)[C@@H](O)[C@H]2O)c2nc(N)[nH]c(=O)c21.C[n+]1cn([C@@H]2O[C@H](CO)[C@@H](O)[C@H]2O)c2nc(N)[nH]c(=O)c21.O=P([O-])([O-])OP(=O)([O-])OP(=O)([O-])[O-]. The van der Waals surface area contributed by atoms with Crippen LogP contribution in [-0.4, -0.2) is 274 Å². The molecule has 60 nitrogen and oxygen atoms in total. The lowest BCUT2D eigenvalue weighted by molar-refractivity contribution is -0.646. The zero-order valence-corrected chi connectivity index (χ0v) is 64.0. The van der Waals surface area contributed by atoms with E-state index >= 15 is 0 Å². The number of hydrogen-bond donors (Lipinski definition) is 25. The van der Waals surface area contributed by atoms with Crippen molar-refractivity contribution in [3.8, 4) is 0 Å². The topological polar surface area (TPSA) is 937 Å². The van der Waals surface area contributed by atoms with Crippen LogP contribution in [-0.2, 0) is 81.2 Å². The quantitative estimate of drug-likeness (QED) is 0.0355. The van der Waals surface area contributed by atoms with Crippen LogP contribution in [0.25, 0.3) is 55.8 Å². The number of aryl methyl sites for hydroxylation is 5. The number of nitrogens with two attached hydrogens (primary N) is 5. The van der Waals surface area contributed by atoms with Crippen molar-refractivity contribution >= 4 is 109 Å². The number of nitrogens with zero attached hydrogens (tertiary/aromatic N) is 15. The molecular weight excluding hydrogens is 1660 g/mol. The summed E-state index contributed by atoms with van der Waals surface area (Å²) >= 11 is 0. The number of aromatic amines is 5. The number of imidazole rings is 5. The summed E-state index contributed by atoms with van der Waals surface area (Å²) < 4.78 is 76.4. The Labute approximate surface area is 652 Å². The number of aliphatic hydroxyl groups is 15. The van der Waals surface area contributed by atoms with Crippen LogP contribution in [0.4, 0.5) is 29.7 Å². The Morgan fingerprint density at radius 2 is 0.492 bits per heavy atom. The first-order valence-electron chi connectivity index (χ1n) is 33.8. The molecule has 10 aromatic heterocycles. The first-order valence-corrected chi connectivity index (χ1v) is 38.2. The van der Waals surface area contributed by atoms with Gasteiger partial charge in [0.05, 0.1) is 83.9 Å². The number of H-pyrrole nitrogens is 5. The molecule has 5 aliphatic heterocycles. The second-order valence-electron chi connectivity index (χ2n) is 26.4. The molecule has 10 aromatic rings. The molecule has 63 heteroatoms. The zero-order valence-electron chi connectivity index (χ0n) is 61.3. The fourth-order valence-electron chi connectivity index (χ4n) is 13.1. The Balaban J connectivity index is 0.000000150. The van der Waals surface area contributed by atoms with E-state index < -0.39 is 207 Å². The van der Waals surface area contributed by atoms with Gasteiger partial charge in [-0.3, -0.25) is 62.1 Å². The van der Waals surface area contributed by atoms with Gasteiger partial charge in [0.25, 0.3) is 63.6 Å². The third-order valence-electron chi connectivity index (χ3n) is 18.3. The van der Waals surface area contributed by atoms with Gasteiger partial charge in [0.2, 0.25) is 92.5 Å². The van der Waals surface area contributed by atoms with Crippen molar-refractivity contribution in [2.24, 2.45) is 35.2 Å². The second kappa shape index (κ2) is 35.3. The lowest BCUT2D eigenvalue weighted by Crippen LogP contribution is -2.33. The minimum absolute atomic E-state index is 0.0702. The number of aromatic nitrogens is 20. The molecule has 0 spiro atoms. The van der Waals surface area contributed by atoms with Crippen molar-refractivity contribution in [3.05, 3.63) is 83.4 Å². The van der Waals surface area contributed by atoms with Crippen LogP contribution in [0.2, 0.25) is 0 Å². The van der Waals surface area contributed by atoms with E-state index in [0.29, 0.717) is 0 Å². The maximum Gasteiger partial charge on any atom is 0.304 e. The van der Waals surface area contributed by atoms with Crippen molar-refractivity contribution in [1.82, 2.24) is 72.7 Å². The molecule has 15 heterocycles. The number of fused-ring (bicyclic) bond motifs is 5. The molecule has 20 atom stereocenters. The number of rotatable bonds is 14. The smallest absolute Gasteiger partial charge is 0.304 e. The maximum atomic E-state index is 11.9. The number of ether oxygens (including phenoxy) is 5. The van der Waals surface area contributed by atoms with Gasteiger partial charge in [-0.15, -0.1) is 0 Å². The maximum absolute atomic E-state index is 11.9. The minimum atomic E-state index is -5.97. The Morgan fingerprint density at radius 1 is 0.339 bits per heavy atom. The van der Waals surface area contributed by atoms with E-state index in [4.69, 9.17) is 77.9 Å². The van der Waals surface area contributed by atoms with Crippen LogP contribution in [0.5, 0.6) is 0 Å². The number of nitrogens with one attached hydrogen (secondary N) is 5. The van der Waals surface area contributed by atoms with Crippen LogP contribution in [0.15, 0.2) is 55.6 Å². The predicted molar refractivity (Wildman–Crippen MR) is 370 cm³/mol. The van der Waals surface area contributed by atoms with Crippen LogP contribution >= 0.6 is 23.5 Å². The molecule has 118 heavy (non-hydrogen) atoms. The third kappa shape index (κ3) is 18.5. The van der Waals surface area contributed by atoms with Gasteiger partial charge in [0.15, 0.2) is 0 Å². The molecule has 650 valence electrons. The van der Waals surface area contributed by atoms with E-state index in [-0.39, 0.29) is 85.6 Å². The third-order valence-corrected chi connectivity index (χ3v) is 21.5. The van der Waals surface area contributed by atoms with Crippen molar-refractivity contribution in [3.63, 3.8) is 0 Å². The van der Waals surface area contributed by atoms with Gasteiger partial charge < -0.3 is 163 Å². The molecule has 15 rings (SSSR count). The summed E-state index contributed by atoms with van der Waals surface area (Å²) in [7, 11) is -9.75. The largest absolute Gasteiger partial charge is 0.790 e. The fraction of sp³-hybridized carbons (Fsp3) is 0.545. The van der Waals surface area contributed by atoms with Crippen LogP contribution in [0, 0.1) is 0 Å². The molecule has 0 unspecified atom stereocenters. The van der Waals surface area contributed by atoms with Crippen molar-refractivity contribution in [1.29, 1.82) is 0 Å². The summed E-state index contributed by atoms with van der Waals surface area (Å²) in [4.78, 5) is 140. The van der Waals surface area contributed by atoms with Crippen molar-refractivity contribution in [2.75, 3.05) is 61.7 Å². The Bertz CT molecular complexity index is 5040. The number of aliphatic hydroxyl groups excluding tert-OH is 15. The summed E-state index contributed by atoms with van der Waals surface area (Å²) in [5.41, 5.74) is 27.9. The lowest BCUT2D eigenvalue weighted by atomic mass is 10.1. The average Bonchev–Trinajstić information content (AvgIpc) is 1.63. The van der Waals surface area contributed by atoms with Gasteiger partial charge >= 0.3 is 27.8 Å². The normalized spacial score (nSPS) is 27.7. The summed E-state index contributed by atoms with van der Waals surface area (Å²) in [6, 6.07) is 0. The van der Waals surface area contributed by atoms with E-state index in [2.05, 4.69) is 58.5 Å². The van der Waals surface area contributed by atoms with Crippen LogP contribution in [0.1, 0.15) is 31.1 Å². The number of nitrogen functional groups attached to an aromatic ring is 5. The monoisotopic (exact) mass is 1740 g/mol. The Kier molecular flexibility index (Phi) is 27.2. The molecule has 5 fully saturated rings. The highest BCUT2D eigenvalue weighted by molar-refractivity contribution is 7.64. The van der Waals surface area contributed by atoms with E-state index in [9.17, 15) is 113 Å². The first kappa shape index (κ1) is 90.7. The van der Waals surface area contributed by atoms with E-state index in [1.807, 2.05) is 0 Å². The van der Waals surface area contributed by atoms with Gasteiger partial charge in [-0.1, -0.05) is 0 Å². The standard InChI is InChI=1S/5C11H15N5O5.H5O10P3/c5*1-15-3-16(8-5(15)9(20)14-11(12)13-8)10-7(19)6(18)4(2-17)21-10;1-11(2,3)9-13(7,8)10-12(4,5)6/h5*3-4,6-7,10,17-19H,2H2,1H3,(H2-,12,13,14,20);(H,7,8)(H2,1,2,3)(H2,4,5,6)/t5*4-,6-,7-,10-;/m11111./s1. The molecule has 0 saturated carbocycles. The van der Waals surface area contributed by atoms with E-state index in [1.165, 1.54) is 77.3 Å². The lowest BCUT2D eigenvalue weighted by Gasteiger charge is -2.40. The zero-order chi connectivity index (χ0) is 87.5. The van der Waals surface area contributed by atoms with Crippen LogP contribution < -0.4 is 104 Å². The fourth-order valence-corrected chi connectivity index (χ4v) is 15.4. The molecule has 0 radical (unpaired) electrons. The summed E-state index contributed by atoms with van der Waals surface area (Å²) in [6.07, 6.45) is -14.4. The van der Waals surface area contributed by atoms with Crippen molar-refractivity contribution < 1.29 is 170 Å².